The van der Waals surface area contributed by atoms with Crippen LogP contribution in [0.15, 0.2) is 0 Å². The summed E-state index contributed by atoms with van der Waals surface area (Å²) < 4.78 is 74.0. The van der Waals surface area contributed by atoms with Gasteiger partial charge < -0.3 is 9.64 Å². The summed E-state index contributed by atoms with van der Waals surface area (Å²) in [5.74, 6) is -2.05. The van der Waals surface area contributed by atoms with Crippen LogP contribution in [0.1, 0.15) is 72.6 Å². The molecule has 0 bridgehead atoms. The van der Waals surface area contributed by atoms with E-state index in [1.165, 1.54) is 11.2 Å². The number of rotatable bonds is 3. The SMILES string of the molecule is CC(=O)N1C[C@H](C)N(C(=O)OC(C)C)C2CC(C3CC(N4CCCS4(=O)=O)CC(C(F)(F)F)C3)CCC21. The van der Waals surface area contributed by atoms with Crippen molar-refractivity contribution in [1.29, 1.82) is 0 Å². The normalized spacial score (nSPS) is 36.9. The van der Waals surface area contributed by atoms with Gasteiger partial charge in [-0.2, -0.15) is 17.5 Å². The Morgan fingerprint density at radius 3 is 2.27 bits per heavy atom. The van der Waals surface area contributed by atoms with E-state index in [0.29, 0.717) is 38.6 Å². The summed E-state index contributed by atoms with van der Waals surface area (Å²) in [6.07, 6.45) is -2.85. The maximum absolute atomic E-state index is 14.0. The lowest BCUT2D eigenvalue weighted by Gasteiger charge is -2.55. The molecular weight excluding hydrogens is 511 g/mol. The highest BCUT2D eigenvalue weighted by molar-refractivity contribution is 7.89. The van der Waals surface area contributed by atoms with Gasteiger partial charge in [0, 0.05) is 26.1 Å². The average Bonchev–Trinajstić information content (AvgIpc) is 3.15. The molecule has 0 aromatic rings. The maximum Gasteiger partial charge on any atom is 0.410 e. The van der Waals surface area contributed by atoms with E-state index in [-0.39, 0.29) is 67.1 Å². The van der Waals surface area contributed by atoms with Crippen LogP contribution in [0.4, 0.5) is 18.0 Å². The zero-order valence-corrected chi connectivity index (χ0v) is 22.9. The molecular formula is C25H40F3N3O5S. The molecule has 0 aromatic heterocycles. The molecule has 2 aliphatic carbocycles. The van der Waals surface area contributed by atoms with Gasteiger partial charge in [0.1, 0.15) is 0 Å². The highest BCUT2D eigenvalue weighted by atomic mass is 32.2. The van der Waals surface area contributed by atoms with Crippen LogP contribution in [0.3, 0.4) is 0 Å². The van der Waals surface area contributed by atoms with Crippen LogP contribution in [0.25, 0.3) is 0 Å². The van der Waals surface area contributed by atoms with Gasteiger partial charge in [0.2, 0.25) is 15.9 Å². The van der Waals surface area contributed by atoms with Gasteiger partial charge >= 0.3 is 12.3 Å². The van der Waals surface area contributed by atoms with E-state index in [4.69, 9.17) is 4.74 Å². The number of nitrogens with zero attached hydrogens (tertiary/aromatic N) is 3. The number of alkyl halides is 3. The van der Waals surface area contributed by atoms with Crippen molar-refractivity contribution in [3.8, 4) is 0 Å². The van der Waals surface area contributed by atoms with Crippen molar-refractivity contribution in [2.45, 2.75) is 109 Å². The lowest BCUT2D eigenvalue weighted by atomic mass is 9.66. The topological polar surface area (TPSA) is 87.2 Å². The third-order valence-electron chi connectivity index (χ3n) is 8.86. The largest absolute Gasteiger partial charge is 0.447 e. The van der Waals surface area contributed by atoms with E-state index in [1.54, 1.807) is 23.6 Å². The first-order valence-electron chi connectivity index (χ1n) is 13.5. The molecule has 4 aliphatic rings. The van der Waals surface area contributed by atoms with Crippen LogP contribution < -0.4 is 0 Å². The van der Waals surface area contributed by atoms with Gasteiger partial charge in [0.05, 0.1) is 35.9 Å². The molecule has 2 amide bonds. The molecule has 2 heterocycles. The minimum atomic E-state index is -4.39. The van der Waals surface area contributed by atoms with Gasteiger partial charge in [-0.25, -0.2) is 13.2 Å². The first-order valence-corrected chi connectivity index (χ1v) is 15.1. The minimum Gasteiger partial charge on any atom is -0.447 e. The summed E-state index contributed by atoms with van der Waals surface area (Å²) in [6.45, 7) is 7.57. The second-order valence-electron chi connectivity index (χ2n) is 11.7. The van der Waals surface area contributed by atoms with E-state index < -0.39 is 34.3 Å². The molecule has 7 atom stereocenters. The smallest absolute Gasteiger partial charge is 0.410 e. The first kappa shape index (κ1) is 28.4. The standard InChI is InChI=1S/C25H40F3N3O5S/c1-15(2)36-24(33)31-16(3)14-29(17(4)32)22-7-6-18(12-23(22)31)19-10-20(25(26,27)28)13-21(11-19)30-8-5-9-37(30,34)35/h15-16,18-23H,5-14H2,1-4H3/t16-,18?,19?,20?,21?,22?,23?/m0/s1. The second kappa shape index (κ2) is 10.5. The fourth-order valence-electron chi connectivity index (χ4n) is 7.32. The quantitative estimate of drug-likeness (QED) is 0.529. The van der Waals surface area contributed by atoms with Crippen LogP contribution in [0, 0.1) is 17.8 Å². The molecule has 2 saturated heterocycles. The number of sulfonamides is 1. The Labute approximate surface area is 217 Å². The Hall–Kier alpha value is -1.56. The lowest BCUT2D eigenvalue weighted by molar-refractivity contribution is -0.192. The Morgan fingerprint density at radius 1 is 1.00 bits per heavy atom. The van der Waals surface area contributed by atoms with E-state index in [0.717, 1.165) is 0 Å². The van der Waals surface area contributed by atoms with Crippen molar-refractivity contribution in [3.05, 3.63) is 0 Å². The summed E-state index contributed by atoms with van der Waals surface area (Å²) in [5, 5.41) is 0. The number of ether oxygens (including phenoxy) is 1. The number of halogens is 3. The number of carbonyl (C=O) groups is 2. The molecule has 0 radical (unpaired) electrons. The Bertz CT molecular complexity index is 975. The summed E-state index contributed by atoms with van der Waals surface area (Å²) in [7, 11) is -3.53. The number of piperazine rings is 1. The summed E-state index contributed by atoms with van der Waals surface area (Å²) in [6, 6.07) is -1.50. The number of hydrogen-bond donors (Lipinski definition) is 0. The number of amides is 2. The fourth-order valence-corrected chi connectivity index (χ4v) is 9.08. The molecule has 4 rings (SSSR count). The monoisotopic (exact) mass is 551 g/mol. The summed E-state index contributed by atoms with van der Waals surface area (Å²) in [5.41, 5.74) is 0. The summed E-state index contributed by atoms with van der Waals surface area (Å²) in [4.78, 5) is 29.0. The first-order chi connectivity index (χ1) is 17.2. The maximum atomic E-state index is 14.0. The van der Waals surface area contributed by atoms with Crippen LogP contribution in [-0.2, 0) is 19.6 Å². The fraction of sp³-hybridized carbons (Fsp3) is 0.920. The zero-order valence-electron chi connectivity index (χ0n) is 22.1. The van der Waals surface area contributed by atoms with E-state index >= 15 is 0 Å². The Kier molecular flexibility index (Phi) is 8.11. The van der Waals surface area contributed by atoms with Gasteiger partial charge in [-0.3, -0.25) is 9.69 Å². The minimum absolute atomic E-state index is 0.0102. The molecule has 0 N–H and O–H groups in total. The van der Waals surface area contributed by atoms with Crippen molar-refractivity contribution >= 4 is 22.0 Å². The molecule has 6 unspecified atom stereocenters. The van der Waals surface area contributed by atoms with Crippen LogP contribution in [0.2, 0.25) is 0 Å². The lowest BCUT2D eigenvalue weighted by Crippen LogP contribution is -2.67. The van der Waals surface area contributed by atoms with Gasteiger partial charge in [-0.1, -0.05) is 0 Å². The van der Waals surface area contributed by atoms with Gasteiger partial charge in [-0.15, -0.1) is 0 Å². The van der Waals surface area contributed by atoms with Gasteiger partial charge in [0.15, 0.2) is 0 Å². The van der Waals surface area contributed by atoms with Gasteiger partial charge in [0.25, 0.3) is 0 Å². The third-order valence-corrected chi connectivity index (χ3v) is 10.9. The molecule has 2 aliphatic heterocycles. The third kappa shape index (κ3) is 5.89. The van der Waals surface area contributed by atoms with Crippen molar-refractivity contribution in [3.63, 3.8) is 0 Å². The van der Waals surface area contributed by atoms with E-state index in [2.05, 4.69) is 0 Å². The highest BCUT2D eigenvalue weighted by Crippen LogP contribution is 2.49. The number of carbonyl (C=O) groups excluding carboxylic acids is 2. The average molecular weight is 552 g/mol. The number of fused-ring (bicyclic) bond motifs is 1. The predicted octanol–water partition coefficient (Wildman–Crippen LogP) is 4.00. The van der Waals surface area contributed by atoms with E-state index in [9.17, 15) is 31.2 Å². The Morgan fingerprint density at radius 2 is 1.70 bits per heavy atom. The molecule has 37 heavy (non-hydrogen) atoms. The van der Waals surface area contributed by atoms with Crippen molar-refractivity contribution in [2.24, 2.45) is 17.8 Å². The Balaban J connectivity index is 1.60. The van der Waals surface area contributed by atoms with Crippen molar-refractivity contribution < 1.29 is 35.9 Å². The van der Waals surface area contributed by atoms with Crippen molar-refractivity contribution in [2.75, 3.05) is 18.8 Å². The highest BCUT2D eigenvalue weighted by Gasteiger charge is 2.52. The van der Waals surface area contributed by atoms with Crippen LogP contribution in [0.5, 0.6) is 0 Å². The van der Waals surface area contributed by atoms with E-state index in [1.807, 2.05) is 6.92 Å². The van der Waals surface area contributed by atoms with Gasteiger partial charge in [-0.05, 0) is 77.6 Å². The van der Waals surface area contributed by atoms with Crippen molar-refractivity contribution in [1.82, 2.24) is 14.1 Å². The van der Waals surface area contributed by atoms with Crippen LogP contribution in [-0.4, -0.2) is 89.8 Å². The molecule has 0 spiro atoms. The summed E-state index contributed by atoms with van der Waals surface area (Å²) >= 11 is 0. The molecule has 0 aromatic carbocycles. The second-order valence-corrected chi connectivity index (χ2v) is 13.7. The molecule has 4 fully saturated rings. The zero-order chi connectivity index (χ0) is 27.3. The molecule has 8 nitrogen and oxygen atoms in total. The molecule has 2 saturated carbocycles. The predicted molar refractivity (Wildman–Crippen MR) is 131 cm³/mol. The van der Waals surface area contributed by atoms with Crippen LogP contribution >= 0.6 is 0 Å². The molecule has 12 heteroatoms. The number of hydrogen-bond acceptors (Lipinski definition) is 5. The molecule has 212 valence electrons.